The minimum atomic E-state index is 0.0322. The van der Waals surface area contributed by atoms with Crippen molar-refractivity contribution in [3.05, 3.63) is 22.8 Å². The first-order valence-electron chi connectivity index (χ1n) is 7.21. The van der Waals surface area contributed by atoms with Crippen LogP contribution in [0.3, 0.4) is 0 Å². The summed E-state index contributed by atoms with van der Waals surface area (Å²) in [7, 11) is 1.74. The van der Waals surface area contributed by atoms with E-state index in [1.54, 1.807) is 18.4 Å². The molecule has 116 valence electrons. The van der Waals surface area contributed by atoms with E-state index in [2.05, 4.69) is 55.9 Å². The molecule has 2 aromatic heterocycles. The van der Waals surface area contributed by atoms with Gasteiger partial charge in [-0.25, -0.2) is 4.98 Å². The van der Waals surface area contributed by atoms with Crippen LogP contribution in [0.15, 0.2) is 11.4 Å². The summed E-state index contributed by atoms with van der Waals surface area (Å²) >= 11 is 1.66. The van der Waals surface area contributed by atoms with E-state index in [1.807, 2.05) is 0 Å². The van der Waals surface area contributed by atoms with Gasteiger partial charge in [0.05, 0.1) is 12.3 Å². The Labute approximate surface area is 131 Å². The summed E-state index contributed by atoms with van der Waals surface area (Å²) in [6.45, 7) is 12.3. The zero-order valence-corrected chi connectivity index (χ0v) is 14.6. The number of aromatic nitrogens is 2. The van der Waals surface area contributed by atoms with Crippen molar-refractivity contribution < 1.29 is 4.74 Å². The Morgan fingerprint density at radius 1 is 1.33 bits per heavy atom. The van der Waals surface area contributed by atoms with Gasteiger partial charge in [0, 0.05) is 41.5 Å². The van der Waals surface area contributed by atoms with Gasteiger partial charge in [-0.15, -0.1) is 11.3 Å². The monoisotopic (exact) mass is 307 g/mol. The van der Waals surface area contributed by atoms with Gasteiger partial charge in [-0.1, -0.05) is 0 Å². The van der Waals surface area contributed by atoms with Crippen molar-refractivity contribution in [2.75, 3.05) is 19.0 Å². The SMILES string of the molecule is COCCn1c(C)cc(-c2csc(NC(C)(C)C)n2)c1C. The average Bonchev–Trinajstić information content (AvgIpc) is 2.91. The van der Waals surface area contributed by atoms with Gasteiger partial charge in [0.15, 0.2) is 5.13 Å². The molecule has 2 aromatic rings. The second kappa shape index (κ2) is 6.20. The van der Waals surface area contributed by atoms with Crippen LogP contribution < -0.4 is 5.32 Å². The molecule has 0 unspecified atom stereocenters. The van der Waals surface area contributed by atoms with Crippen LogP contribution in [0.2, 0.25) is 0 Å². The quantitative estimate of drug-likeness (QED) is 0.904. The number of ether oxygens (including phenoxy) is 1. The van der Waals surface area contributed by atoms with Crippen molar-refractivity contribution in [3.8, 4) is 11.3 Å². The highest BCUT2D eigenvalue weighted by Crippen LogP contribution is 2.30. The summed E-state index contributed by atoms with van der Waals surface area (Å²) in [4.78, 5) is 4.72. The van der Waals surface area contributed by atoms with Gasteiger partial charge in [0.1, 0.15) is 0 Å². The van der Waals surface area contributed by atoms with E-state index in [1.165, 1.54) is 17.0 Å². The largest absolute Gasteiger partial charge is 0.383 e. The van der Waals surface area contributed by atoms with E-state index in [0.717, 1.165) is 24.0 Å². The average molecular weight is 307 g/mol. The van der Waals surface area contributed by atoms with Crippen molar-refractivity contribution >= 4 is 16.5 Å². The Kier molecular flexibility index (Phi) is 4.74. The predicted molar refractivity (Wildman–Crippen MR) is 90.3 cm³/mol. The zero-order chi connectivity index (χ0) is 15.6. The number of hydrogen-bond donors (Lipinski definition) is 1. The zero-order valence-electron chi connectivity index (χ0n) is 13.8. The second-order valence-corrected chi connectivity index (χ2v) is 7.20. The van der Waals surface area contributed by atoms with E-state index < -0.39 is 0 Å². The summed E-state index contributed by atoms with van der Waals surface area (Å²) in [5, 5.41) is 6.52. The first kappa shape index (κ1) is 16.0. The summed E-state index contributed by atoms with van der Waals surface area (Å²) in [6.07, 6.45) is 0. The molecule has 0 fully saturated rings. The number of anilines is 1. The molecule has 2 heterocycles. The number of nitrogens with one attached hydrogen (secondary N) is 1. The Morgan fingerprint density at radius 2 is 2.05 bits per heavy atom. The molecular weight excluding hydrogens is 282 g/mol. The molecule has 0 aliphatic heterocycles. The molecule has 0 bridgehead atoms. The highest BCUT2D eigenvalue weighted by molar-refractivity contribution is 7.14. The van der Waals surface area contributed by atoms with Crippen LogP contribution in [0.4, 0.5) is 5.13 Å². The van der Waals surface area contributed by atoms with Crippen LogP contribution in [-0.4, -0.2) is 28.8 Å². The van der Waals surface area contributed by atoms with Crippen LogP contribution in [-0.2, 0) is 11.3 Å². The number of aryl methyl sites for hydroxylation is 1. The summed E-state index contributed by atoms with van der Waals surface area (Å²) < 4.78 is 7.47. The first-order chi connectivity index (χ1) is 9.81. The molecule has 2 rings (SSSR count). The van der Waals surface area contributed by atoms with Crippen molar-refractivity contribution in [2.45, 2.75) is 46.7 Å². The summed E-state index contributed by atoms with van der Waals surface area (Å²) in [5.74, 6) is 0. The molecule has 1 N–H and O–H groups in total. The molecule has 4 nitrogen and oxygen atoms in total. The lowest BCUT2D eigenvalue weighted by atomic mass is 10.1. The molecule has 0 radical (unpaired) electrons. The topological polar surface area (TPSA) is 39.1 Å². The Bertz CT molecular complexity index is 608. The van der Waals surface area contributed by atoms with E-state index in [9.17, 15) is 0 Å². The molecule has 0 aliphatic rings. The molecule has 0 amide bonds. The molecule has 0 saturated heterocycles. The van der Waals surface area contributed by atoms with Crippen LogP contribution in [0.25, 0.3) is 11.3 Å². The van der Waals surface area contributed by atoms with Crippen LogP contribution >= 0.6 is 11.3 Å². The van der Waals surface area contributed by atoms with Gasteiger partial charge >= 0.3 is 0 Å². The maximum absolute atomic E-state index is 5.19. The van der Waals surface area contributed by atoms with E-state index in [-0.39, 0.29) is 5.54 Å². The van der Waals surface area contributed by atoms with Gasteiger partial charge in [0.2, 0.25) is 0 Å². The molecule has 0 atom stereocenters. The van der Waals surface area contributed by atoms with E-state index >= 15 is 0 Å². The fourth-order valence-corrected chi connectivity index (χ4v) is 3.28. The summed E-state index contributed by atoms with van der Waals surface area (Å²) in [6, 6.07) is 2.21. The van der Waals surface area contributed by atoms with Crippen molar-refractivity contribution in [1.82, 2.24) is 9.55 Å². The number of nitrogens with zero attached hydrogens (tertiary/aromatic N) is 2. The Balaban J connectivity index is 2.26. The maximum Gasteiger partial charge on any atom is 0.183 e. The molecule has 5 heteroatoms. The lowest BCUT2D eigenvalue weighted by molar-refractivity contribution is 0.186. The van der Waals surface area contributed by atoms with Crippen LogP contribution in [0.5, 0.6) is 0 Å². The third kappa shape index (κ3) is 3.86. The fourth-order valence-electron chi connectivity index (χ4n) is 2.36. The van der Waals surface area contributed by atoms with Gasteiger partial charge in [-0.3, -0.25) is 0 Å². The van der Waals surface area contributed by atoms with Crippen molar-refractivity contribution in [2.24, 2.45) is 0 Å². The second-order valence-electron chi connectivity index (χ2n) is 6.34. The molecule has 0 aromatic carbocycles. The molecule has 0 spiro atoms. The smallest absolute Gasteiger partial charge is 0.183 e. The summed E-state index contributed by atoms with van der Waals surface area (Å²) in [5.41, 5.74) is 4.78. The fraction of sp³-hybridized carbons (Fsp3) is 0.562. The van der Waals surface area contributed by atoms with Crippen LogP contribution in [0, 0.1) is 13.8 Å². The lowest BCUT2D eigenvalue weighted by Crippen LogP contribution is -2.25. The molecule has 0 aliphatic carbocycles. The van der Waals surface area contributed by atoms with Crippen molar-refractivity contribution in [1.29, 1.82) is 0 Å². The van der Waals surface area contributed by atoms with Crippen LogP contribution in [0.1, 0.15) is 32.2 Å². The maximum atomic E-state index is 5.19. The third-order valence-electron chi connectivity index (χ3n) is 3.35. The standard InChI is InChI=1S/C16H25N3OS/c1-11-9-13(12(2)19(11)7-8-20-6)14-10-21-15(17-14)18-16(3,4)5/h9-10H,7-8H2,1-6H3,(H,17,18). The first-order valence-corrected chi connectivity index (χ1v) is 8.09. The third-order valence-corrected chi connectivity index (χ3v) is 4.11. The predicted octanol–water partition coefficient (Wildman–Crippen LogP) is 4.09. The highest BCUT2D eigenvalue weighted by atomic mass is 32.1. The van der Waals surface area contributed by atoms with Gasteiger partial charge in [0.25, 0.3) is 0 Å². The number of hydrogen-bond acceptors (Lipinski definition) is 4. The number of rotatable bonds is 5. The van der Waals surface area contributed by atoms with E-state index in [0.29, 0.717) is 0 Å². The van der Waals surface area contributed by atoms with Crippen molar-refractivity contribution in [3.63, 3.8) is 0 Å². The number of methoxy groups -OCH3 is 1. The van der Waals surface area contributed by atoms with E-state index in [4.69, 9.17) is 9.72 Å². The highest BCUT2D eigenvalue weighted by Gasteiger charge is 2.16. The van der Waals surface area contributed by atoms with Gasteiger partial charge in [-0.2, -0.15) is 0 Å². The molecular formula is C16H25N3OS. The Morgan fingerprint density at radius 3 is 2.67 bits per heavy atom. The van der Waals surface area contributed by atoms with Gasteiger partial charge in [-0.05, 0) is 40.7 Å². The Hall–Kier alpha value is -1.33. The molecule has 21 heavy (non-hydrogen) atoms. The minimum absolute atomic E-state index is 0.0322. The minimum Gasteiger partial charge on any atom is -0.383 e. The molecule has 0 saturated carbocycles. The lowest BCUT2D eigenvalue weighted by Gasteiger charge is -2.19. The number of thiazole rings is 1. The van der Waals surface area contributed by atoms with Gasteiger partial charge < -0.3 is 14.6 Å². The normalized spacial score (nSPS) is 11.9.